The van der Waals surface area contributed by atoms with Crippen molar-refractivity contribution in [2.45, 2.75) is 19.0 Å². The molecule has 1 amide bonds. The average Bonchev–Trinajstić information content (AvgIpc) is 2.45. The summed E-state index contributed by atoms with van der Waals surface area (Å²) < 4.78 is 4.56. The zero-order chi connectivity index (χ0) is 13.8. The van der Waals surface area contributed by atoms with E-state index in [4.69, 9.17) is 0 Å². The minimum absolute atomic E-state index is 0.0187. The lowest BCUT2D eigenvalue weighted by atomic mass is 9.95. The second-order valence-corrected chi connectivity index (χ2v) is 4.68. The van der Waals surface area contributed by atoms with Crippen LogP contribution in [0.2, 0.25) is 0 Å². The summed E-state index contributed by atoms with van der Waals surface area (Å²) >= 11 is 0. The van der Waals surface area contributed by atoms with Crippen LogP contribution >= 0.6 is 0 Å². The SMILES string of the molecule is COC(=O)CN(C)C(=O)[C@@H]1Cc2ccccc2CN1. The number of benzene rings is 1. The molecule has 0 aromatic heterocycles. The first kappa shape index (κ1) is 13.5. The topological polar surface area (TPSA) is 58.6 Å². The first-order valence-electron chi connectivity index (χ1n) is 6.23. The third-order valence-corrected chi connectivity index (χ3v) is 3.35. The molecule has 19 heavy (non-hydrogen) atoms. The first-order valence-corrected chi connectivity index (χ1v) is 6.23. The van der Waals surface area contributed by atoms with Crippen LogP contribution in [0.25, 0.3) is 0 Å². The van der Waals surface area contributed by atoms with Crippen molar-refractivity contribution < 1.29 is 14.3 Å². The summed E-state index contributed by atoms with van der Waals surface area (Å²) in [6, 6.07) is 7.79. The van der Waals surface area contributed by atoms with Crippen LogP contribution in [0, 0.1) is 0 Å². The highest BCUT2D eigenvalue weighted by molar-refractivity contribution is 5.86. The van der Waals surface area contributed by atoms with Crippen molar-refractivity contribution in [3.8, 4) is 0 Å². The number of esters is 1. The minimum Gasteiger partial charge on any atom is -0.468 e. The molecule has 0 spiro atoms. The third-order valence-electron chi connectivity index (χ3n) is 3.35. The Labute approximate surface area is 112 Å². The summed E-state index contributed by atoms with van der Waals surface area (Å²) in [5.41, 5.74) is 2.41. The number of methoxy groups -OCH3 is 1. The van der Waals surface area contributed by atoms with Gasteiger partial charge >= 0.3 is 5.97 Å². The summed E-state index contributed by atoms with van der Waals surface area (Å²) in [7, 11) is 2.93. The maximum absolute atomic E-state index is 12.2. The van der Waals surface area contributed by atoms with E-state index in [2.05, 4.69) is 16.1 Å². The van der Waals surface area contributed by atoms with E-state index in [1.165, 1.54) is 23.1 Å². The number of carbonyl (C=O) groups excluding carboxylic acids is 2. The Balaban J connectivity index is 2.00. The van der Waals surface area contributed by atoms with Crippen LogP contribution < -0.4 is 5.32 Å². The quantitative estimate of drug-likeness (QED) is 0.798. The number of rotatable bonds is 3. The van der Waals surface area contributed by atoms with E-state index in [1.807, 2.05) is 18.2 Å². The molecular weight excluding hydrogens is 244 g/mol. The maximum atomic E-state index is 12.2. The monoisotopic (exact) mass is 262 g/mol. The van der Waals surface area contributed by atoms with Crippen molar-refractivity contribution in [1.82, 2.24) is 10.2 Å². The van der Waals surface area contributed by atoms with Crippen LogP contribution in [0.3, 0.4) is 0 Å². The smallest absolute Gasteiger partial charge is 0.325 e. The highest BCUT2D eigenvalue weighted by Gasteiger charge is 2.27. The highest BCUT2D eigenvalue weighted by Crippen LogP contribution is 2.17. The molecule has 1 aromatic carbocycles. The molecule has 5 nitrogen and oxygen atoms in total. The predicted octanol–water partition coefficient (Wildman–Crippen LogP) is 0.332. The fraction of sp³-hybridized carbons (Fsp3) is 0.429. The maximum Gasteiger partial charge on any atom is 0.325 e. The minimum atomic E-state index is -0.410. The Morgan fingerprint density at radius 3 is 2.74 bits per heavy atom. The fourth-order valence-corrected chi connectivity index (χ4v) is 2.23. The summed E-state index contributed by atoms with van der Waals surface area (Å²) in [6.07, 6.45) is 0.653. The Hall–Kier alpha value is -1.88. The largest absolute Gasteiger partial charge is 0.468 e. The lowest BCUT2D eigenvalue weighted by molar-refractivity contribution is -0.146. The van der Waals surface area contributed by atoms with E-state index in [0.717, 1.165) is 0 Å². The van der Waals surface area contributed by atoms with Crippen molar-refractivity contribution in [3.63, 3.8) is 0 Å². The van der Waals surface area contributed by atoms with Crippen LogP contribution in [0.1, 0.15) is 11.1 Å². The van der Waals surface area contributed by atoms with Gasteiger partial charge in [-0.15, -0.1) is 0 Å². The zero-order valence-corrected chi connectivity index (χ0v) is 11.2. The van der Waals surface area contributed by atoms with E-state index >= 15 is 0 Å². The van der Waals surface area contributed by atoms with Crippen LogP contribution in [-0.2, 0) is 27.3 Å². The van der Waals surface area contributed by atoms with Crippen LogP contribution in [-0.4, -0.2) is 43.5 Å². The van der Waals surface area contributed by atoms with Crippen molar-refractivity contribution in [1.29, 1.82) is 0 Å². The van der Waals surface area contributed by atoms with E-state index in [0.29, 0.717) is 13.0 Å². The van der Waals surface area contributed by atoms with E-state index < -0.39 is 5.97 Å². The van der Waals surface area contributed by atoms with Gasteiger partial charge in [0.25, 0.3) is 0 Å². The summed E-state index contributed by atoms with van der Waals surface area (Å²) in [5.74, 6) is -0.494. The van der Waals surface area contributed by atoms with Gasteiger partial charge in [0.15, 0.2) is 0 Å². The number of hydrogen-bond donors (Lipinski definition) is 1. The van der Waals surface area contributed by atoms with Gasteiger partial charge in [0.1, 0.15) is 6.54 Å². The molecule has 5 heteroatoms. The molecule has 0 fully saturated rings. The number of likely N-dealkylation sites (N-methyl/N-ethyl adjacent to an activating group) is 1. The molecule has 0 bridgehead atoms. The standard InChI is InChI=1S/C14H18N2O3/c1-16(9-13(17)19-2)14(18)12-7-10-5-3-4-6-11(10)8-15-12/h3-6,12,15H,7-9H2,1-2H3/t12-/m0/s1. The summed E-state index contributed by atoms with van der Waals surface area (Å²) in [5, 5.41) is 3.20. The molecule has 2 rings (SSSR count). The number of ether oxygens (including phenoxy) is 1. The number of carbonyl (C=O) groups is 2. The Bertz CT molecular complexity index is 487. The van der Waals surface area contributed by atoms with Gasteiger partial charge in [-0.25, -0.2) is 0 Å². The molecule has 1 aromatic rings. The number of hydrogen-bond acceptors (Lipinski definition) is 4. The molecule has 0 unspecified atom stereocenters. The molecular formula is C14H18N2O3. The lowest BCUT2D eigenvalue weighted by Gasteiger charge is -2.28. The Morgan fingerprint density at radius 2 is 2.05 bits per heavy atom. The fourth-order valence-electron chi connectivity index (χ4n) is 2.23. The van der Waals surface area contributed by atoms with E-state index in [-0.39, 0.29) is 18.5 Å². The van der Waals surface area contributed by atoms with Crippen molar-refractivity contribution >= 4 is 11.9 Å². The number of amides is 1. The van der Waals surface area contributed by atoms with Gasteiger partial charge in [-0.1, -0.05) is 24.3 Å². The molecule has 1 aliphatic rings. The van der Waals surface area contributed by atoms with Gasteiger partial charge in [-0.3, -0.25) is 9.59 Å². The molecule has 1 aliphatic heterocycles. The molecule has 0 saturated carbocycles. The van der Waals surface area contributed by atoms with Crippen molar-refractivity contribution in [2.24, 2.45) is 0 Å². The lowest BCUT2D eigenvalue weighted by Crippen LogP contribution is -2.49. The second kappa shape index (κ2) is 5.84. The van der Waals surface area contributed by atoms with Gasteiger partial charge in [-0.05, 0) is 17.5 Å². The third kappa shape index (κ3) is 3.12. The van der Waals surface area contributed by atoms with Gasteiger partial charge in [0, 0.05) is 13.6 Å². The van der Waals surface area contributed by atoms with Crippen LogP contribution in [0.15, 0.2) is 24.3 Å². The molecule has 1 N–H and O–H groups in total. The molecule has 0 aliphatic carbocycles. The normalized spacial score (nSPS) is 17.5. The first-order chi connectivity index (χ1) is 9.11. The van der Waals surface area contributed by atoms with Gasteiger partial charge < -0.3 is 15.0 Å². The highest BCUT2D eigenvalue weighted by atomic mass is 16.5. The molecule has 1 atom stereocenters. The molecule has 1 heterocycles. The average molecular weight is 262 g/mol. The number of nitrogens with one attached hydrogen (secondary N) is 1. The Kier molecular flexibility index (Phi) is 4.16. The number of nitrogens with zero attached hydrogens (tertiary/aromatic N) is 1. The van der Waals surface area contributed by atoms with Crippen molar-refractivity contribution in [3.05, 3.63) is 35.4 Å². The van der Waals surface area contributed by atoms with Gasteiger partial charge in [-0.2, -0.15) is 0 Å². The van der Waals surface area contributed by atoms with Crippen LogP contribution in [0.4, 0.5) is 0 Å². The predicted molar refractivity (Wildman–Crippen MR) is 70.4 cm³/mol. The number of fused-ring (bicyclic) bond motifs is 1. The summed E-state index contributed by atoms with van der Waals surface area (Å²) in [4.78, 5) is 24.8. The second-order valence-electron chi connectivity index (χ2n) is 4.68. The summed E-state index contributed by atoms with van der Waals surface area (Å²) in [6.45, 7) is 0.661. The van der Waals surface area contributed by atoms with E-state index in [9.17, 15) is 9.59 Å². The van der Waals surface area contributed by atoms with Gasteiger partial charge in [0.05, 0.1) is 13.2 Å². The van der Waals surface area contributed by atoms with E-state index in [1.54, 1.807) is 7.05 Å². The molecule has 102 valence electrons. The van der Waals surface area contributed by atoms with Crippen molar-refractivity contribution in [2.75, 3.05) is 20.7 Å². The van der Waals surface area contributed by atoms with Gasteiger partial charge in [0.2, 0.25) is 5.91 Å². The molecule has 0 saturated heterocycles. The van der Waals surface area contributed by atoms with Crippen LogP contribution in [0.5, 0.6) is 0 Å². The Morgan fingerprint density at radius 1 is 1.37 bits per heavy atom. The zero-order valence-electron chi connectivity index (χ0n) is 11.2. The molecule has 0 radical (unpaired) electrons.